The highest BCUT2D eigenvalue weighted by Crippen LogP contribution is 2.23. The van der Waals surface area contributed by atoms with Gasteiger partial charge in [-0.3, -0.25) is 4.90 Å². The van der Waals surface area contributed by atoms with Crippen LogP contribution in [0.4, 0.5) is 4.39 Å². The molecule has 0 aliphatic carbocycles. The number of pyridine rings is 1. The Bertz CT molecular complexity index is 1190. The van der Waals surface area contributed by atoms with Crippen molar-refractivity contribution in [3.63, 3.8) is 0 Å². The zero-order valence-corrected chi connectivity index (χ0v) is 19.6. The fraction of sp³-hybridized carbons (Fsp3) is 0.296. The van der Waals surface area contributed by atoms with Gasteiger partial charge in [0.2, 0.25) is 0 Å². The molecule has 2 aromatic carbocycles. The van der Waals surface area contributed by atoms with Gasteiger partial charge < -0.3 is 14.9 Å². The molecule has 1 saturated heterocycles. The second kappa shape index (κ2) is 10.5. The molecule has 7 heteroatoms. The number of benzene rings is 2. The van der Waals surface area contributed by atoms with Gasteiger partial charge in [-0.05, 0) is 67.3 Å². The molecule has 0 unspecified atom stereocenters. The summed E-state index contributed by atoms with van der Waals surface area (Å²) in [5.74, 6) is 5.93. The standard InChI is InChI=1S/C27H26ClFN2O3/c1-27(33)12-13-31(18-26(27)32)14-15-34-23-9-2-19(3-10-23)4-11-25-24(29)16-21(17-30-25)20-5-7-22(28)8-6-20/h2-3,5-10,16-17,26,32-33H,12-15,18H2,1H3/t26-,27+/m0/s1. The zero-order chi connectivity index (χ0) is 24.1. The molecule has 5 nitrogen and oxygen atoms in total. The summed E-state index contributed by atoms with van der Waals surface area (Å²) >= 11 is 5.90. The van der Waals surface area contributed by atoms with E-state index in [9.17, 15) is 14.6 Å². The van der Waals surface area contributed by atoms with E-state index >= 15 is 0 Å². The van der Waals surface area contributed by atoms with Crippen molar-refractivity contribution in [2.45, 2.75) is 25.0 Å². The largest absolute Gasteiger partial charge is 0.492 e. The molecule has 1 aliphatic rings. The molecule has 34 heavy (non-hydrogen) atoms. The second-order valence-electron chi connectivity index (χ2n) is 8.61. The van der Waals surface area contributed by atoms with Gasteiger partial charge in [0, 0.05) is 42.0 Å². The van der Waals surface area contributed by atoms with E-state index in [1.165, 1.54) is 6.07 Å². The molecule has 2 atom stereocenters. The lowest BCUT2D eigenvalue weighted by molar-refractivity contribution is -0.108. The number of aromatic nitrogens is 1. The van der Waals surface area contributed by atoms with Crippen LogP contribution in [0.3, 0.4) is 0 Å². The number of hydrogen-bond acceptors (Lipinski definition) is 5. The van der Waals surface area contributed by atoms with Crippen LogP contribution >= 0.6 is 11.6 Å². The van der Waals surface area contributed by atoms with E-state index in [4.69, 9.17) is 16.3 Å². The van der Waals surface area contributed by atoms with Gasteiger partial charge in [0.15, 0.2) is 5.82 Å². The van der Waals surface area contributed by atoms with Gasteiger partial charge in [0.05, 0.1) is 11.7 Å². The third-order valence-corrected chi connectivity index (χ3v) is 6.21. The number of β-amino-alcohol motifs (C(OH)–C–C–N with tert-alkyl or cyclic N) is 1. The molecule has 0 saturated carbocycles. The van der Waals surface area contributed by atoms with Gasteiger partial charge in [-0.15, -0.1) is 0 Å². The van der Waals surface area contributed by atoms with E-state index < -0.39 is 17.5 Å². The maximum atomic E-state index is 14.5. The molecule has 0 amide bonds. The summed E-state index contributed by atoms with van der Waals surface area (Å²) in [4.78, 5) is 6.24. The molecular formula is C27H26ClFN2O3. The Kier molecular flexibility index (Phi) is 7.50. The number of ether oxygens (including phenoxy) is 1. The Balaban J connectivity index is 1.31. The molecule has 1 aromatic heterocycles. The molecule has 1 fully saturated rings. The van der Waals surface area contributed by atoms with Gasteiger partial charge in [-0.25, -0.2) is 9.37 Å². The van der Waals surface area contributed by atoms with Crippen molar-refractivity contribution in [3.8, 4) is 28.7 Å². The molecule has 2 heterocycles. The van der Waals surface area contributed by atoms with Gasteiger partial charge in [-0.2, -0.15) is 0 Å². The number of aliphatic hydroxyl groups excluding tert-OH is 1. The molecule has 1 aliphatic heterocycles. The molecule has 2 N–H and O–H groups in total. The summed E-state index contributed by atoms with van der Waals surface area (Å²) < 4.78 is 20.3. The molecule has 0 radical (unpaired) electrons. The summed E-state index contributed by atoms with van der Waals surface area (Å²) in [6.07, 6.45) is 1.36. The lowest BCUT2D eigenvalue weighted by Crippen LogP contribution is -2.54. The number of likely N-dealkylation sites (tertiary alicyclic amines) is 1. The number of nitrogens with zero attached hydrogens (tertiary/aromatic N) is 2. The van der Waals surface area contributed by atoms with Crippen molar-refractivity contribution in [2.75, 3.05) is 26.2 Å². The fourth-order valence-electron chi connectivity index (χ4n) is 3.68. The first kappa shape index (κ1) is 24.2. The number of halogens is 2. The van der Waals surface area contributed by atoms with Crippen LogP contribution in [0.15, 0.2) is 60.8 Å². The molecule has 0 spiro atoms. The van der Waals surface area contributed by atoms with Crippen molar-refractivity contribution in [3.05, 3.63) is 82.9 Å². The fourth-order valence-corrected chi connectivity index (χ4v) is 3.80. The van der Waals surface area contributed by atoms with Crippen LogP contribution in [0.25, 0.3) is 11.1 Å². The van der Waals surface area contributed by atoms with E-state index in [2.05, 4.69) is 21.7 Å². The van der Waals surface area contributed by atoms with Crippen molar-refractivity contribution in [1.82, 2.24) is 9.88 Å². The van der Waals surface area contributed by atoms with Gasteiger partial charge >= 0.3 is 0 Å². The van der Waals surface area contributed by atoms with Crippen molar-refractivity contribution in [1.29, 1.82) is 0 Å². The SMILES string of the molecule is C[C@@]1(O)CCN(CCOc2ccc(C#Cc3ncc(-c4ccc(Cl)cc4)cc3F)cc2)C[C@@H]1O. The highest BCUT2D eigenvalue weighted by Gasteiger charge is 2.35. The summed E-state index contributed by atoms with van der Waals surface area (Å²) in [7, 11) is 0. The van der Waals surface area contributed by atoms with Crippen molar-refractivity contribution >= 4 is 11.6 Å². The normalized spacial score (nSPS) is 20.4. The average Bonchev–Trinajstić information content (AvgIpc) is 2.82. The van der Waals surface area contributed by atoms with Crippen LogP contribution in [0.2, 0.25) is 5.02 Å². The summed E-state index contributed by atoms with van der Waals surface area (Å²) in [5, 5.41) is 20.7. The summed E-state index contributed by atoms with van der Waals surface area (Å²) in [6, 6.07) is 15.8. The number of hydrogen-bond donors (Lipinski definition) is 2. The third kappa shape index (κ3) is 6.13. The minimum absolute atomic E-state index is 0.0840. The Hall–Kier alpha value is -2.95. The molecule has 3 aromatic rings. The third-order valence-electron chi connectivity index (χ3n) is 5.96. The maximum absolute atomic E-state index is 14.5. The Morgan fingerprint density at radius 2 is 1.88 bits per heavy atom. The van der Waals surface area contributed by atoms with Gasteiger partial charge in [0.1, 0.15) is 18.1 Å². The van der Waals surface area contributed by atoms with E-state index in [1.807, 2.05) is 36.4 Å². The molecular weight excluding hydrogens is 455 g/mol. The topological polar surface area (TPSA) is 65.8 Å². The first-order chi connectivity index (χ1) is 16.3. The maximum Gasteiger partial charge on any atom is 0.158 e. The highest BCUT2D eigenvalue weighted by atomic mass is 35.5. The van der Waals surface area contributed by atoms with Crippen LogP contribution in [0, 0.1) is 17.7 Å². The monoisotopic (exact) mass is 480 g/mol. The van der Waals surface area contributed by atoms with Crippen LogP contribution in [-0.2, 0) is 0 Å². The predicted molar refractivity (Wildman–Crippen MR) is 130 cm³/mol. The lowest BCUT2D eigenvalue weighted by Gasteiger charge is -2.39. The quantitative estimate of drug-likeness (QED) is 0.537. The van der Waals surface area contributed by atoms with Crippen LogP contribution in [0.1, 0.15) is 24.6 Å². The zero-order valence-electron chi connectivity index (χ0n) is 18.8. The first-order valence-corrected chi connectivity index (χ1v) is 11.5. The molecule has 4 rings (SSSR count). The highest BCUT2D eigenvalue weighted by molar-refractivity contribution is 6.30. The Morgan fingerprint density at radius 3 is 2.56 bits per heavy atom. The number of aliphatic hydroxyl groups is 2. The lowest BCUT2D eigenvalue weighted by atomic mass is 9.91. The average molecular weight is 481 g/mol. The second-order valence-corrected chi connectivity index (χ2v) is 9.04. The van der Waals surface area contributed by atoms with E-state index in [-0.39, 0.29) is 5.69 Å². The number of piperidine rings is 1. The van der Waals surface area contributed by atoms with Crippen molar-refractivity contribution in [2.24, 2.45) is 0 Å². The van der Waals surface area contributed by atoms with E-state index in [1.54, 1.807) is 25.3 Å². The smallest absolute Gasteiger partial charge is 0.158 e. The van der Waals surface area contributed by atoms with Crippen LogP contribution < -0.4 is 4.74 Å². The van der Waals surface area contributed by atoms with Gasteiger partial charge in [0.25, 0.3) is 0 Å². The predicted octanol–water partition coefficient (Wildman–Crippen LogP) is 4.14. The Morgan fingerprint density at radius 1 is 1.15 bits per heavy atom. The Labute approximate surface area is 203 Å². The van der Waals surface area contributed by atoms with E-state index in [0.29, 0.717) is 49.0 Å². The summed E-state index contributed by atoms with van der Waals surface area (Å²) in [5.41, 5.74) is 1.27. The van der Waals surface area contributed by atoms with Crippen LogP contribution in [0.5, 0.6) is 5.75 Å². The number of rotatable bonds is 5. The van der Waals surface area contributed by atoms with Gasteiger partial charge in [-0.1, -0.05) is 29.7 Å². The van der Waals surface area contributed by atoms with Crippen molar-refractivity contribution < 1.29 is 19.3 Å². The van der Waals surface area contributed by atoms with Crippen LogP contribution in [-0.4, -0.2) is 58.0 Å². The molecule has 0 bridgehead atoms. The molecule has 176 valence electrons. The minimum atomic E-state index is -1.02. The minimum Gasteiger partial charge on any atom is -0.492 e. The van der Waals surface area contributed by atoms with E-state index in [0.717, 1.165) is 11.1 Å². The first-order valence-electron chi connectivity index (χ1n) is 11.1. The summed E-state index contributed by atoms with van der Waals surface area (Å²) in [6.45, 7) is 3.93.